The summed E-state index contributed by atoms with van der Waals surface area (Å²) in [7, 11) is 1.81. The largest absolute Gasteiger partial charge is 0.390 e. The van der Waals surface area contributed by atoms with Crippen LogP contribution in [0.4, 0.5) is 8.78 Å². The number of aliphatic hydroxyl groups excluding tert-OH is 1. The van der Waals surface area contributed by atoms with Crippen LogP contribution in [-0.4, -0.2) is 82.0 Å². The van der Waals surface area contributed by atoms with Gasteiger partial charge in [0.05, 0.1) is 24.4 Å². The van der Waals surface area contributed by atoms with Crippen LogP contribution in [0.1, 0.15) is 41.7 Å². The average Bonchev–Trinajstić information content (AvgIpc) is 2.91. The fourth-order valence-corrected chi connectivity index (χ4v) is 3.85. The van der Waals surface area contributed by atoms with E-state index >= 15 is 0 Å². The van der Waals surface area contributed by atoms with Gasteiger partial charge in [0.2, 0.25) is 0 Å². The smallest absolute Gasteiger partial charge is 0.283 e. The predicted octanol–water partition coefficient (Wildman–Crippen LogP) is 0.828. The first-order valence-electron chi connectivity index (χ1n) is 8.93. The van der Waals surface area contributed by atoms with Crippen LogP contribution in [0.15, 0.2) is 0 Å². The van der Waals surface area contributed by atoms with Gasteiger partial charge in [0.15, 0.2) is 5.69 Å². The van der Waals surface area contributed by atoms with Crippen LogP contribution in [0.5, 0.6) is 0 Å². The first-order chi connectivity index (χ1) is 12.2. The lowest BCUT2D eigenvalue weighted by molar-refractivity contribution is -0.0773. The van der Waals surface area contributed by atoms with Crippen molar-refractivity contribution >= 4 is 5.91 Å². The number of ether oxygens (including phenoxy) is 1. The van der Waals surface area contributed by atoms with Crippen molar-refractivity contribution in [3.05, 3.63) is 17.0 Å². The maximum Gasteiger partial charge on any atom is 0.283 e. The van der Waals surface area contributed by atoms with Crippen LogP contribution < -0.4 is 0 Å². The Morgan fingerprint density at radius 2 is 1.96 bits per heavy atom. The number of carbonyl (C=O) groups is 1. The molecule has 3 rings (SSSR count). The molecule has 2 aliphatic rings. The molecule has 0 aromatic carbocycles. The molecule has 1 fully saturated rings. The fourth-order valence-electron chi connectivity index (χ4n) is 3.85. The van der Waals surface area contributed by atoms with Gasteiger partial charge in [-0.3, -0.25) is 14.4 Å². The number of aliphatic hydroxyl groups is 1. The second-order valence-corrected chi connectivity index (χ2v) is 7.21. The number of aryl methyl sites for hydroxylation is 1. The van der Waals surface area contributed by atoms with Crippen molar-refractivity contribution in [1.29, 1.82) is 0 Å². The number of piperazine rings is 1. The minimum atomic E-state index is -3.11. The van der Waals surface area contributed by atoms with Gasteiger partial charge in [-0.05, 0) is 13.8 Å². The molecule has 9 heteroatoms. The highest BCUT2D eigenvalue weighted by molar-refractivity contribution is 5.94. The molecule has 0 radical (unpaired) electrons. The number of fused-ring (bicyclic) bond motifs is 1. The Kier molecular flexibility index (Phi) is 5.32. The second-order valence-electron chi connectivity index (χ2n) is 7.21. The van der Waals surface area contributed by atoms with E-state index in [4.69, 9.17) is 9.84 Å². The van der Waals surface area contributed by atoms with Gasteiger partial charge >= 0.3 is 0 Å². The van der Waals surface area contributed by atoms with E-state index < -0.39 is 19.1 Å². The molecule has 26 heavy (non-hydrogen) atoms. The highest BCUT2D eigenvalue weighted by Gasteiger charge is 2.36. The highest BCUT2D eigenvalue weighted by Crippen LogP contribution is 2.32. The van der Waals surface area contributed by atoms with E-state index in [-0.39, 0.29) is 18.1 Å². The Hall–Kier alpha value is -1.58. The molecule has 0 aliphatic carbocycles. The standard InChI is InChI=1S/C17H26F2N4O3/c1-11-8-13-14(20-21(3)15(13)12(2)26-11)16(25)23-6-4-22(5-7-23)9-17(18,19)10-24/h11-12,24H,4-10H2,1-3H3/t11-,12+/m1/s1. The molecule has 0 spiro atoms. The molecule has 1 aromatic rings. The lowest BCUT2D eigenvalue weighted by Crippen LogP contribution is -2.52. The summed E-state index contributed by atoms with van der Waals surface area (Å²) in [6, 6.07) is 0. The lowest BCUT2D eigenvalue weighted by Gasteiger charge is -2.36. The van der Waals surface area contributed by atoms with Gasteiger partial charge in [0.1, 0.15) is 6.61 Å². The predicted molar refractivity (Wildman–Crippen MR) is 90.3 cm³/mol. The summed E-state index contributed by atoms with van der Waals surface area (Å²) < 4.78 is 34.2. The molecule has 1 aromatic heterocycles. The van der Waals surface area contributed by atoms with Crippen LogP contribution in [-0.2, 0) is 18.2 Å². The molecule has 0 saturated carbocycles. The number of alkyl halides is 2. The van der Waals surface area contributed by atoms with Gasteiger partial charge in [-0.1, -0.05) is 0 Å². The molecule has 1 amide bonds. The summed E-state index contributed by atoms with van der Waals surface area (Å²) in [6.07, 6.45) is 0.535. The van der Waals surface area contributed by atoms with Crippen LogP contribution >= 0.6 is 0 Å². The van der Waals surface area contributed by atoms with Crippen molar-refractivity contribution in [2.75, 3.05) is 39.3 Å². The quantitative estimate of drug-likeness (QED) is 0.848. The van der Waals surface area contributed by atoms with Crippen LogP contribution in [0, 0.1) is 0 Å². The molecule has 7 nitrogen and oxygen atoms in total. The summed E-state index contributed by atoms with van der Waals surface area (Å²) in [5.41, 5.74) is 2.30. The van der Waals surface area contributed by atoms with Crippen molar-refractivity contribution in [3.8, 4) is 0 Å². The zero-order valence-electron chi connectivity index (χ0n) is 15.4. The Labute approximate surface area is 151 Å². The monoisotopic (exact) mass is 372 g/mol. The normalized spacial score (nSPS) is 24.6. The first kappa shape index (κ1) is 19.2. The van der Waals surface area contributed by atoms with Crippen molar-refractivity contribution in [2.45, 2.75) is 38.4 Å². The topological polar surface area (TPSA) is 70.8 Å². The number of halogens is 2. The van der Waals surface area contributed by atoms with Gasteiger partial charge in [-0.25, -0.2) is 8.78 Å². The maximum atomic E-state index is 13.3. The van der Waals surface area contributed by atoms with Crippen molar-refractivity contribution < 1.29 is 23.4 Å². The number of amides is 1. The Morgan fingerprint density at radius 1 is 1.31 bits per heavy atom. The third-order valence-corrected chi connectivity index (χ3v) is 5.06. The molecule has 3 heterocycles. The molecule has 146 valence electrons. The fraction of sp³-hybridized carbons (Fsp3) is 0.765. The number of rotatable bonds is 4. The summed E-state index contributed by atoms with van der Waals surface area (Å²) in [5, 5.41) is 13.1. The summed E-state index contributed by atoms with van der Waals surface area (Å²) in [5.74, 6) is -3.27. The molecule has 2 atom stereocenters. The second kappa shape index (κ2) is 7.21. The van der Waals surface area contributed by atoms with Gasteiger partial charge in [0, 0.05) is 45.2 Å². The Balaban J connectivity index is 1.69. The molecule has 1 saturated heterocycles. The van der Waals surface area contributed by atoms with E-state index in [1.54, 1.807) is 21.5 Å². The summed E-state index contributed by atoms with van der Waals surface area (Å²) in [6.45, 7) is 3.71. The van der Waals surface area contributed by atoms with Crippen molar-refractivity contribution in [2.24, 2.45) is 7.05 Å². The van der Waals surface area contributed by atoms with Gasteiger partial charge in [-0.15, -0.1) is 0 Å². The lowest BCUT2D eigenvalue weighted by atomic mass is 9.99. The van der Waals surface area contributed by atoms with Crippen LogP contribution in [0.2, 0.25) is 0 Å². The molecular formula is C17H26F2N4O3. The SMILES string of the molecule is C[C@@H]1Cc2c(C(=O)N3CCN(CC(F)(F)CO)CC3)nn(C)c2[C@H](C)O1. The highest BCUT2D eigenvalue weighted by atomic mass is 19.3. The van der Waals surface area contributed by atoms with E-state index in [0.29, 0.717) is 38.3 Å². The van der Waals surface area contributed by atoms with E-state index in [0.717, 1.165) is 11.3 Å². The summed E-state index contributed by atoms with van der Waals surface area (Å²) >= 11 is 0. The van der Waals surface area contributed by atoms with Crippen LogP contribution in [0.3, 0.4) is 0 Å². The number of hydrogen-bond donors (Lipinski definition) is 1. The Bertz CT molecular complexity index is 671. The van der Waals surface area contributed by atoms with Gasteiger partial charge in [-0.2, -0.15) is 5.10 Å². The first-order valence-corrected chi connectivity index (χ1v) is 8.93. The zero-order chi connectivity index (χ0) is 19.1. The maximum absolute atomic E-state index is 13.3. The average molecular weight is 372 g/mol. The molecular weight excluding hydrogens is 346 g/mol. The van der Waals surface area contributed by atoms with E-state index in [1.807, 2.05) is 13.8 Å². The molecule has 1 N–H and O–H groups in total. The third kappa shape index (κ3) is 3.74. The van der Waals surface area contributed by atoms with E-state index in [1.165, 1.54) is 0 Å². The number of carbonyl (C=O) groups excluding carboxylic acids is 1. The van der Waals surface area contributed by atoms with Crippen molar-refractivity contribution in [3.63, 3.8) is 0 Å². The minimum Gasteiger partial charge on any atom is -0.390 e. The number of hydrogen-bond acceptors (Lipinski definition) is 5. The molecule has 2 aliphatic heterocycles. The molecule has 0 bridgehead atoms. The number of nitrogens with zero attached hydrogens (tertiary/aromatic N) is 4. The van der Waals surface area contributed by atoms with Gasteiger partial charge < -0.3 is 14.7 Å². The third-order valence-electron chi connectivity index (χ3n) is 5.06. The van der Waals surface area contributed by atoms with Crippen LogP contribution in [0.25, 0.3) is 0 Å². The minimum absolute atomic E-state index is 0.0193. The van der Waals surface area contributed by atoms with Gasteiger partial charge in [0.25, 0.3) is 11.8 Å². The Morgan fingerprint density at radius 3 is 2.58 bits per heavy atom. The van der Waals surface area contributed by atoms with E-state index in [2.05, 4.69) is 5.10 Å². The number of aromatic nitrogens is 2. The van der Waals surface area contributed by atoms with Crippen molar-refractivity contribution in [1.82, 2.24) is 19.6 Å². The summed E-state index contributed by atoms with van der Waals surface area (Å²) in [4.78, 5) is 16.2. The van der Waals surface area contributed by atoms with E-state index in [9.17, 15) is 13.6 Å². The zero-order valence-corrected chi connectivity index (χ0v) is 15.4. The molecule has 0 unspecified atom stereocenters.